The molecule has 1 saturated heterocycles. The monoisotopic (exact) mass is 311 g/mol. The number of aromatic amines is 1. The van der Waals surface area contributed by atoms with Gasteiger partial charge in [0.15, 0.2) is 5.69 Å². The molecule has 1 aromatic rings. The molecule has 2 heterocycles. The molecule has 0 radical (unpaired) electrons. The predicted molar refractivity (Wildman–Crippen MR) is 80.6 cm³/mol. The van der Waals surface area contributed by atoms with E-state index < -0.39 is 0 Å². The fraction of sp³-hybridized carbons (Fsp3) is 0.733. The van der Waals surface area contributed by atoms with Crippen LogP contribution in [0.25, 0.3) is 0 Å². The fourth-order valence-electron chi connectivity index (χ4n) is 2.97. The molecule has 21 heavy (non-hydrogen) atoms. The standard InChI is InChI=1S/C15H22ClN3O2/c1-10-13(16)14(18-17-10)15(20)19(8-11-4-2-5-11)9-12-6-3-7-21-12/h11-12H,2-9H2,1H3,(H,17,18)/t12-/m1/s1. The van der Waals surface area contributed by atoms with Gasteiger partial charge >= 0.3 is 0 Å². The van der Waals surface area contributed by atoms with Crippen molar-refractivity contribution >= 4 is 17.5 Å². The van der Waals surface area contributed by atoms with Gasteiger partial charge in [-0.15, -0.1) is 0 Å². The highest BCUT2D eigenvalue weighted by Crippen LogP contribution is 2.29. The molecule has 0 aromatic carbocycles. The van der Waals surface area contributed by atoms with E-state index in [4.69, 9.17) is 16.3 Å². The van der Waals surface area contributed by atoms with Gasteiger partial charge in [-0.05, 0) is 38.5 Å². The van der Waals surface area contributed by atoms with Crippen molar-refractivity contribution in [3.8, 4) is 0 Å². The van der Waals surface area contributed by atoms with E-state index in [1.807, 2.05) is 11.8 Å². The maximum atomic E-state index is 12.7. The Morgan fingerprint density at radius 2 is 2.19 bits per heavy atom. The first-order valence-electron chi connectivity index (χ1n) is 7.76. The predicted octanol–water partition coefficient (Wildman–Crippen LogP) is 2.79. The first-order chi connectivity index (χ1) is 10.1. The maximum absolute atomic E-state index is 12.7. The molecule has 1 aliphatic carbocycles. The van der Waals surface area contributed by atoms with E-state index in [-0.39, 0.29) is 12.0 Å². The number of nitrogens with one attached hydrogen (secondary N) is 1. The van der Waals surface area contributed by atoms with Crippen LogP contribution in [0.2, 0.25) is 5.02 Å². The molecule has 1 saturated carbocycles. The summed E-state index contributed by atoms with van der Waals surface area (Å²) in [6, 6.07) is 0. The van der Waals surface area contributed by atoms with E-state index in [1.54, 1.807) is 0 Å². The van der Waals surface area contributed by atoms with Gasteiger partial charge in [0.1, 0.15) is 0 Å². The van der Waals surface area contributed by atoms with Crippen LogP contribution in [-0.4, -0.2) is 46.8 Å². The van der Waals surface area contributed by atoms with Crippen molar-refractivity contribution in [2.45, 2.75) is 45.1 Å². The Hall–Kier alpha value is -1.07. The topological polar surface area (TPSA) is 58.2 Å². The molecule has 1 atom stereocenters. The highest BCUT2D eigenvalue weighted by atomic mass is 35.5. The third-order valence-electron chi connectivity index (χ3n) is 4.51. The molecule has 1 aromatic heterocycles. The molecule has 6 heteroatoms. The van der Waals surface area contributed by atoms with E-state index in [9.17, 15) is 4.79 Å². The molecule has 116 valence electrons. The Bertz CT molecular complexity index is 507. The molecule has 0 bridgehead atoms. The zero-order valence-electron chi connectivity index (χ0n) is 12.4. The summed E-state index contributed by atoms with van der Waals surface area (Å²) >= 11 is 6.18. The smallest absolute Gasteiger partial charge is 0.276 e. The normalized spacial score (nSPS) is 22.3. The van der Waals surface area contributed by atoms with Crippen LogP contribution in [0.15, 0.2) is 0 Å². The second-order valence-electron chi connectivity index (χ2n) is 6.15. The number of hydrogen-bond donors (Lipinski definition) is 1. The zero-order valence-corrected chi connectivity index (χ0v) is 13.2. The first-order valence-corrected chi connectivity index (χ1v) is 8.14. The number of nitrogens with zero attached hydrogens (tertiary/aromatic N) is 2. The zero-order chi connectivity index (χ0) is 14.8. The molecular weight excluding hydrogens is 290 g/mol. The van der Waals surface area contributed by atoms with E-state index in [2.05, 4.69) is 10.2 Å². The second-order valence-corrected chi connectivity index (χ2v) is 6.53. The number of carbonyl (C=O) groups excluding carboxylic acids is 1. The Balaban J connectivity index is 1.72. The number of aryl methyl sites for hydroxylation is 1. The Kier molecular flexibility index (Phi) is 4.50. The summed E-state index contributed by atoms with van der Waals surface area (Å²) in [5.74, 6) is 0.543. The number of hydrogen-bond acceptors (Lipinski definition) is 3. The van der Waals surface area contributed by atoms with Gasteiger partial charge in [0.25, 0.3) is 5.91 Å². The molecule has 1 aliphatic heterocycles. The minimum atomic E-state index is -0.0771. The molecule has 1 amide bonds. The van der Waals surface area contributed by atoms with Crippen molar-refractivity contribution in [1.29, 1.82) is 0 Å². The van der Waals surface area contributed by atoms with E-state index >= 15 is 0 Å². The third kappa shape index (κ3) is 3.24. The minimum Gasteiger partial charge on any atom is -0.376 e. The number of ether oxygens (including phenoxy) is 1. The van der Waals surface area contributed by atoms with Gasteiger partial charge in [-0.2, -0.15) is 5.10 Å². The van der Waals surface area contributed by atoms with Crippen LogP contribution in [-0.2, 0) is 4.74 Å². The largest absolute Gasteiger partial charge is 0.376 e. The van der Waals surface area contributed by atoms with Gasteiger partial charge in [0.2, 0.25) is 0 Å². The van der Waals surface area contributed by atoms with Crippen LogP contribution < -0.4 is 0 Å². The fourth-order valence-corrected chi connectivity index (χ4v) is 3.13. The van der Waals surface area contributed by atoms with Crippen molar-refractivity contribution in [3.05, 3.63) is 16.4 Å². The lowest BCUT2D eigenvalue weighted by Gasteiger charge is -2.33. The summed E-state index contributed by atoms with van der Waals surface area (Å²) in [4.78, 5) is 14.6. The van der Waals surface area contributed by atoms with Crippen LogP contribution in [0.4, 0.5) is 0 Å². The Morgan fingerprint density at radius 1 is 1.38 bits per heavy atom. The summed E-state index contributed by atoms with van der Waals surface area (Å²) in [5.41, 5.74) is 1.08. The van der Waals surface area contributed by atoms with Gasteiger partial charge in [-0.25, -0.2) is 0 Å². The second kappa shape index (κ2) is 6.36. The van der Waals surface area contributed by atoms with Gasteiger partial charge < -0.3 is 9.64 Å². The van der Waals surface area contributed by atoms with Crippen LogP contribution in [0.1, 0.15) is 48.3 Å². The summed E-state index contributed by atoms with van der Waals surface area (Å²) in [5, 5.41) is 7.30. The average molecular weight is 312 g/mol. The summed E-state index contributed by atoms with van der Waals surface area (Å²) in [6.45, 7) is 4.07. The molecular formula is C15H22ClN3O2. The summed E-state index contributed by atoms with van der Waals surface area (Å²) < 4.78 is 5.68. The first kappa shape index (κ1) is 14.9. The van der Waals surface area contributed by atoms with Crippen molar-refractivity contribution in [2.75, 3.05) is 19.7 Å². The number of aromatic nitrogens is 2. The van der Waals surface area contributed by atoms with Crippen LogP contribution in [0.3, 0.4) is 0 Å². The van der Waals surface area contributed by atoms with Gasteiger partial charge in [0, 0.05) is 19.7 Å². The van der Waals surface area contributed by atoms with Crippen molar-refractivity contribution in [1.82, 2.24) is 15.1 Å². The summed E-state index contributed by atoms with van der Waals surface area (Å²) in [7, 11) is 0. The molecule has 2 fully saturated rings. The number of carbonyl (C=O) groups is 1. The minimum absolute atomic E-state index is 0.0771. The highest BCUT2D eigenvalue weighted by molar-refractivity contribution is 6.34. The lowest BCUT2D eigenvalue weighted by Crippen LogP contribution is -2.42. The van der Waals surface area contributed by atoms with E-state index in [1.165, 1.54) is 19.3 Å². The van der Waals surface area contributed by atoms with E-state index in [0.29, 0.717) is 23.2 Å². The van der Waals surface area contributed by atoms with Crippen molar-refractivity contribution in [2.24, 2.45) is 5.92 Å². The van der Waals surface area contributed by atoms with Crippen LogP contribution in [0.5, 0.6) is 0 Å². The Morgan fingerprint density at radius 3 is 2.71 bits per heavy atom. The molecule has 3 rings (SSSR count). The van der Waals surface area contributed by atoms with Crippen molar-refractivity contribution in [3.63, 3.8) is 0 Å². The SMILES string of the molecule is Cc1[nH]nc(C(=O)N(CC2CCC2)C[C@H]2CCCO2)c1Cl. The number of halogens is 1. The van der Waals surface area contributed by atoms with Gasteiger partial charge in [-0.3, -0.25) is 9.89 Å². The highest BCUT2D eigenvalue weighted by Gasteiger charge is 2.30. The van der Waals surface area contributed by atoms with E-state index in [0.717, 1.165) is 31.7 Å². The number of H-pyrrole nitrogens is 1. The number of rotatable bonds is 5. The summed E-state index contributed by atoms with van der Waals surface area (Å²) in [6.07, 6.45) is 5.97. The lowest BCUT2D eigenvalue weighted by atomic mass is 9.85. The van der Waals surface area contributed by atoms with Crippen LogP contribution in [0, 0.1) is 12.8 Å². The maximum Gasteiger partial charge on any atom is 0.276 e. The van der Waals surface area contributed by atoms with Crippen molar-refractivity contribution < 1.29 is 9.53 Å². The van der Waals surface area contributed by atoms with Crippen LogP contribution >= 0.6 is 11.6 Å². The van der Waals surface area contributed by atoms with Gasteiger partial charge in [0.05, 0.1) is 16.8 Å². The third-order valence-corrected chi connectivity index (χ3v) is 4.98. The molecule has 0 unspecified atom stereocenters. The lowest BCUT2D eigenvalue weighted by molar-refractivity contribution is 0.0443. The molecule has 1 N–H and O–H groups in total. The Labute approximate surface area is 130 Å². The molecule has 2 aliphatic rings. The number of amides is 1. The quantitative estimate of drug-likeness (QED) is 0.909. The molecule has 5 nitrogen and oxygen atoms in total. The average Bonchev–Trinajstić information content (AvgIpc) is 3.03. The van der Waals surface area contributed by atoms with Gasteiger partial charge in [-0.1, -0.05) is 18.0 Å². The molecule has 0 spiro atoms.